The van der Waals surface area contributed by atoms with E-state index in [2.05, 4.69) is 20.8 Å². The van der Waals surface area contributed by atoms with Gasteiger partial charge in [0.25, 0.3) is 0 Å². The van der Waals surface area contributed by atoms with E-state index in [4.69, 9.17) is 32.7 Å². The monoisotopic (exact) mass is 507 g/mol. The number of anilines is 2. The molecule has 0 aliphatic carbocycles. The van der Waals surface area contributed by atoms with Gasteiger partial charge < -0.3 is 24.7 Å². The lowest BCUT2D eigenvalue weighted by atomic mass is 10.2. The van der Waals surface area contributed by atoms with E-state index in [-0.39, 0.29) is 12.8 Å². The molecule has 1 aliphatic heterocycles. The van der Waals surface area contributed by atoms with Gasteiger partial charge in [-0.3, -0.25) is 0 Å². The van der Waals surface area contributed by atoms with E-state index in [9.17, 15) is 4.79 Å². The number of fused-ring (bicyclic) bond motifs is 1. The lowest BCUT2D eigenvalue weighted by Crippen LogP contribution is -2.19. The van der Waals surface area contributed by atoms with Crippen molar-refractivity contribution in [2.24, 2.45) is 7.05 Å². The smallest absolute Gasteiger partial charge is 0.323 e. The molecule has 0 spiro atoms. The Morgan fingerprint density at radius 2 is 1.60 bits per heavy atom. The normalized spacial score (nSPS) is 12.2. The molecule has 0 saturated carbocycles. The topological polar surface area (TPSA) is 90.3 Å². The number of carbonyl (C=O) groups is 1. The minimum Gasteiger partial charge on any atom is -0.454 e. The van der Waals surface area contributed by atoms with Crippen LogP contribution in [0.3, 0.4) is 0 Å². The van der Waals surface area contributed by atoms with Crippen LogP contribution < -0.4 is 20.1 Å². The van der Waals surface area contributed by atoms with Crippen molar-refractivity contribution in [1.29, 1.82) is 0 Å². The molecule has 2 heterocycles. The Labute approximate surface area is 211 Å². The Kier molecular flexibility index (Phi) is 6.31. The predicted octanol–water partition coefficient (Wildman–Crippen LogP) is 6.33. The Balaban J connectivity index is 1.25. The number of benzene rings is 3. The maximum absolute atomic E-state index is 12.4. The van der Waals surface area contributed by atoms with Crippen LogP contribution in [0.15, 0.2) is 60.7 Å². The average Bonchev–Trinajstić information content (AvgIpc) is 3.45. The minimum atomic E-state index is -0.374. The summed E-state index contributed by atoms with van der Waals surface area (Å²) in [6.45, 7) is 0.177. The van der Waals surface area contributed by atoms with Crippen LogP contribution in [-0.2, 0) is 7.05 Å². The lowest BCUT2D eigenvalue weighted by molar-refractivity contribution is 0.174. The first-order valence-electron chi connectivity index (χ1n) is 10.6. The van der Waals surface area contributed by atoms with Crippen LogP contribution in [0, 0.1) is 0 Å². The first-order valence-corrected chi connectivity index (χ1v) is 11.3. The average molecular weight is 508 g/mol. The minimum absolute atomic E-state index is 0.177. The molecule has 0 atom stereocenters. The number of hydrogen-bond acceptors (Lipinski definition) is 5. The van der Waals surface area contributed by atoms with E-state index in [1.807, 2.05) is 29.8 Å². The molecular weight excluding hydrogens is 489 g/mol. The molecule has 1 aliphatic rings. The van der Waals surface area contributed by atoms with Gasteiger partial charge in [-0.1, -0.05) is 29.3 Å². The molecule has 0 saturated heterocycles. The van der Waals surface area contributed by atoms with Crippen LogP contribution in [0.25, 0.3) is 23.5 Å². The number of carbonyl (C=O) groups excluding carboxylic acids is 1. The SMILES string of the molecule is Cn1c(/C=C/c2c(Cl)cccc2Cl)nnc1-c1ccc(NC(=O)Nc2ccc3c(c2)OCO3)cc1. The van der Waals surface area contributed by atoms with Crippen LogP contribution in [0.2, 0.25) is 10.0 Å². The fraction of sp³-hybridized carbons (Fsp3) is 0.0800. The molecule has 3 aromatic carbocycles. The van der Waals surface area contributed by atoms with Gasteiger partial charge in [0, 0.05) is 45.7 Å². The van der Waals surface area contributed by atoms with Gasteiger partial charge in [0.05, 0.1) is 0 Å². The van der Waals surface area contributed by atoms with Crippen LogP contribution in [0.4, 0.5) is 16.2 Å². The number of halogens is 2. The highest BCUT2D eigenvalue weighted by Crippen LogP contribution is 2.34. The Morgan fingerprint density at radius 1 is 0.914 bits per heavy atom. The second-order valence-corrected chi connectivity index (χ2v) is 8.45. The quantitative estimate of drug-likeness (QED) is 0.329. The Hall–Kier alpha value is -4.01. The first kappa shape index (κ1) is 22.8. The zero-order valence-corrected chi connectivity index (χ0v) is 20.0. The number of hydrogen-bond donors (Lipinski definition) is 2. The number of rotatable bonds is 5. The van der Waals surface area contributed by atoms with Gasteiger partial charge >= 0.3 is 6.03 Å². The van der Waals surface area contributed by atoms with Crippen LogP contribution in [-0.4, -0.2) is 27.6 Å². The number of ether oxygens (including phenoxy) is 2. The standard InChI is InChI=1S/C25H19Cl2N5O3/c1-32-23(12-10-18-19(26)3-2-4-20(18)27)30-31-24(32)15-5-7-16(8-6-15)28-25(33)29-17-9-11-21-22(13-17)35-14-34-21/h2-13H,14H2,1H3,(H2,28,29,33)/b12-10+. The molecule has 4 aromatic rings. The van der Waals surface area contributed by atoms with Crippen LogP contribution >= 0.6 is 23.2 Å². The van der Waals surface area contributed by atoms with E-state index < -0.39 is 0 Å². The van der Waals surface area contributed by atoms with E-state index in [1.165, 1.54) is 0 Å². The zero-order chi connectivity index (χ0) is 24.4. The molecule has 0 unspecified atom stereocenters. The van der Waals surface area contributed by atoms with Gasteiger partial charge in [-0.05, 0) is 60.7 Å². The molecule has 0 radical (unpaired) electrons. The predicted molar refractivity (Wildman–Crippen MR) is 137 cm³/mol. The summed E-state index contributed by atoms with van der Waals surface area (Å²) < 4.78 is 12.5. The van der Waals surface area contributed by atoms with Crippen molar-refractivity contribution in [3.05, 3.63) is 82.1 Å². The molecule has 0 bridgehead atoms. The van der Waals surface area contributed by atoms with E-state index in [1.54, 1.807) is 54.6 Å². The summed E-state index contributed by atoms with van der Waals surface area (Å²) in [5.74, 6) is 2.56. The first-order chi connectivity index (χ1) is 17.0. The molecule has 176 valence electrons. The summed E-state index contributed by atoms with van der Waals surface area (Å²) >= 11 is 12.5. The molecule has 2 amide bonds. The van der Waals surface area contributed by atoms with Crippen molar-refractivity contribution >= 4 is 52.8 Å². The molecule has 10 heteroatoms. The van der Waals surface area contributed by atoms with Crippen molar-refractivity contribution < 1.29 is 14.3 Å². The molecule has 35 heavy (non-hydrogen) atoms. The number of amides is 2. The molecular formula is C25H19Cl2N5O3. The largest absolute Gasteiger partial charge is 0.454 e. The third-order valence-electron chi connectivity index (χ3n) is 5.34. The highest BCUT2D eigenvalue weighted by molar-refractivity contribution is 6.37. The summed E-state index contributed by atoms with van der Waals surface area (Å²) in [4.78, 5) is 12.4. The summed E-state index contributed by atoms with van der Waals surface area (Å²) in [7, 11) is 1.87. The van der Waals surface area contributed by atoms with Crippen molar-refractivity contribution in [3.8, 4) is 22.9 Å². The molecule has 2 N–H and O–H groups in total. The number of nitrogens with zero attached hydrogens (tertiary/aromatic N) is 3. The second-order valence-electron chi connectivity index (χ2n) is 7.63. The van der Waals surface area contributed by atoms with Gasteiger partial charge in [-0.15, -0.1) is 10.2 Å². The van der Waals surface area contributed by atoms with Crippen molar-refractivity contribution in [2.45, 2.75) is 0 Å². The fourth-order valence-electron chi connectivity index (χ4n) is 3.54. The molecule has 5 rings (SSSR count). The summed E-state index contributed by atoms with van der Waals surface area (Å²) in [5.41, 5.74) is 2.79. The fourth-order valence-corrected chi connectivity index (χ4v) is 4.06. The van der Waals surface area contributed by atoms with Gasteiger partial charge in [0.1, 0.15) is 0 Å². The third-order valence-corrected chi connectivity index (χ3v) is 6.00. The maximum atomic E-state index is 12.4. The number of urea groups is 1. The number of aromatic nitrogens is 3. The van der Waals surface area contributed by atoms with Crippen molar-refractivity contribution in [1.82, 2.24) is 14.8 Å². The van der Waals surface area contributed by atoms with Gasteiger partial charge in [-0.2, -0.15) is 0 Å². The lowest BCUT2D eigenvalue weighted by Gasteiger charge is -2.09. The highest BCUT2D eigenvalue weighted by atomic mass is 35.5. The van der Waals surface area contributed by atoms with Crippen molar-refractivity contribution in [3.63, 3.8) is 0 Å². The summed E-state index contributed by atoms with van der Waals surface area (Å²) in [5, 5.41) is 15.2. The Morgan fingerprint density at radius 3 is 2.37 bits per heavy atom. The van der Waals surface area contributed by atoms with E-state index >= 15 is 0 Å². The van der Waals surface area contributed by atoms with Gasteiger partial charge in [0.2, 0.25) is 6.79 Å². The van der Waals surface area contributed by atoms with Crippen LogP contribution in [0.1, 0.15) is 11.4 Å². The third kappa shape index (κ3) is 4.94. The molecule has 8 nitrogen and oxygen atoms in total. The molecule has 0 fully saturated rings. The molecule has 1 aromatic heterocycles. The van der Waals surface area contributed by atoms with E-state index in [0.29, 0.717) is 44.6 Å². The number of nitrogens with one attached hydrogen (secondary N) is 2. The summed E-state index contributed by atoms with van der Waals surface area (Å²) in [6.07, 6.45) is 3.62. The zero-order valence-electron chi connectivity index (χ0n) is 18.5. The van der Waals surface area contributed by atoms with Gasteiger partial charge in [0.15, 0.2) is 23.1 Å². The van der Waals surface area contributed by atoms with E-state index in [0.717, 1.165) is 11.1 Å². The second kappa shape index (κ2) is 9.69. The van der Waals surface area contributed by atoms with Gasteiger partial charge in [-0.25, -0.2) is 4.79 Å². The summed E-state index contributed by atoms with van der Waals surface area (Å²) in [6, 6.07) is 17.5. The maximum Gasteiger partial charge on any atom is 0.323 e. The van der Waals surface area contributed by atoms with Crippen molar-refractivity contribution in [2.75, 3.05) is 17.4 Å². The highest BCUT2D eigenvalue weighted by Gasteiger charge is 2.14. The Bertz CT molecular complexity index is 1410. The van der Waals surface area contributed by atoms with Crippen LogP contribution in [0.5, 0.6) is 11.5 Å².